The molecule has 0 aromatic carbocycles. The first kappa shape index (κ1) is 18.0. The van der Waals surface area contributed by atoms with Crippen molar-refractivity contribution in [3.63, 3.8) is 0 Å². The van der Waals surface area contributed by atoms with Crippen LogP contribution in [0.1, 0.15) is 49.8 Å². The predicted molar refractivity (Wildman–Crippen MR) is 106 cm³/mol. The van der Waals surface area contributed by atoms with E-state index in [9.17, 15) is 4.79 Å². The van der Waals surface area contributed by atoms with Gasteiger partial charge in [-0.1, -0.05) is 23.3 Å². The van der Waals surface area contributed by atoms with Crippen molar-refractivity contribution in [2.24, 2.45) is 0 Å². The first-order valence-corrected chi connectivity index (χ1v) is 11.2. The van der Waals surface area contributed by atoms with Gasteiger partial charge in [0.25, 0.3) is 0 Å². The van der Waals surface area contributed by atoms with E-state index in [1.54, 1.807) is 0 Å². The van der Waals surface area contributed by atoms with Crippen LogP contribution in [0.25, 0.3) is 11.4 Å². The normalized spacial score (nSPS) is 24.1. The van der Waals surface area contributed by atoms with Gasteiger partial charge in [-0.15, -0.1) is 0 Å². The molecule has 5 rings (SSSR count). The molecule has 8 heteroatoms. The summed E-state index contributed by atoms with van der Waals surface area (Å²) in [5.74, 6) is 2.54. The molecular formula is C20H24N4O3S. The van der Waals surface area contributed by atoms with Gasteiger partial charge in [-0.25, -0.2) is 9.97 Å². The molecule has 1 saturated carbocycles. The third-order valence-electron chi connectivity index (χ3n) is 6.31. The maximum absolute atomic E-state index is 12.9. The van der Waals surface area contributed by atoms with Crippen LogP contribution in [-0.2, 0) is 16.6 Å². The number of likely N-dealkylation sites (N-methyl/N-ethyl adjacent to an activating group) is 1. The fourth-order valence-corrected chi connectivity index (χ4v) is 5.19. The number of carbonyl (C=O) groups excluding carboxylic acids is 1. The molecule has 0 N–H and O–H groups in total. The molecule has 0 saturated heterocycles. The summed E-state index contributed by atoms with van der Waals surface area (Å²) in [5, 5.41) is 5.12. The van der Waals surface area contributed by atoms with Gasteiger partial charge >= 0.3 is 0 Å². The molecule has 0 radical (unpaired) electrons. The summed E-state index contributed by atoms with van der Waals surface area (Å²) in [4.78, 5) is 24.4. The van der Waals surface area contributed by atoms with Gasteiger partial charge in [0.1, 0.15) is 23.8 Å². The van der Waals surface area contributed by atoms with Crippen LogP contribution < -0.4 is 9.64 Å². The summed E-state index contributed by atoms with van der Waals surface area (Å²) in [5.41, 5.74) is 1.96. The van der Waals surface area contributed by atoms with Crippen LogP contribution in [0.2, 0.25) is 0 Å². The van der Waals surface area contributed by atoms with E-state index in [1.165, 1.54) is 11.8 Å². The molecule has 0 bridgehead atoms. The van der Waals surface area contributed by atoms with Gasteiger partial charge in [-0.05, 0) is 38.4 Å². The number of fused-ring (bicyclic) bond motifs is 3. The van der Waals surface area contributed by atoms with E-state index in [2.05, 4.69) is 15.0 Å². The second kappa shape index (κ2) is 6.76. The predicted octanol–water partition coefficient (Wildman–Crippen LogP) is 3.40. The third-order valence-corrected chi connectivity index (χ3v) is 6.86. The second-order valence-corrected chi connectivity index (χ2v) is 8.66. The lowest BCUT2D eigenvalue weighted by Gasteiger charge is -2.36. The average molecular weight is 401 g/mol. The van der Waals surface area contributed by atoms with Crippen LogP contribution in [0.5, 0.6) is 5.75 Å². The highest BCUT2D eigenvalue weighted by molar-refractivity contribution is 7.98. The van der Waals surface area contributed by atoms with E-state index in [4.69, 9.17) is 14.2 Å². The Bertz CT molecular complexity index is 944. The molecule has 2 aliphatic carbocycles. The molecule has 28 heavy (non-hydrogen) atoms. The number of carbonyl (C=O) groups is 1. The van der Waals surface area contributed by atoms with E-state index < -0.39 is 5.41 Å². The maximum Gasteiger partial charge on any atom is 0.190 e. The summed E-state index contributed by atoms with van der Waals surface area (Å²) in [6.07, 6.45) is 8.20. The van der Waals surface area contributed by atoms with Crippen LogP contribution >= 0.6 is 11.8 Å². The Kier molecular flexibility index (Phi) is 4.34. The van der Waals surface area contributed by atoms with Gasteiger partial charge in [0, 0.05) is 19.0 Å². The van der Waals surface area contributed by atoms with Crippen LogP contribution in [0.15, 0.2) is 9.68 Å². The van der Waals surface area contributed by atoms with Gasteiger partial charge in [0.15, 0.2) is 22.5 Å². The summed E-state index contributed by atoms with van der Waals surface area (Å²) in [7, 11) is 2.01. The lowest BCUT2D eigenvalue weighted by molar-refractivity contribution is -0.128. The van der Waals surface area contributed by atoms with Crippen LogP contribution in [0.4, 0.5) is 5.82 Å². The minimum atomic E-state index is -0.482. The molecule has 2 aromatic heterocycles. The van der Waals surface area contributed by atoms with E-state index in [-0.39, 0.29) is 0 Å². The Morgan fingerprint density at radius 3 is 2.79 bits per heavy atom. The Morgan fingerprint density at radius 1 is 1.11 bits per heavy atom. The highest BCUT2D eigenvalue weighted by atomic mass is 32.2. The van der Waals surface area contributed by atoms with Gasteiger partial charge in [-0.3, -0.25) is 4.79 Å². The van der Waals surface area contributed by atoms with E-state index in [0.717, 1.165) is 67.9 Å². The molecule has 2 aromatic rings. The third kappa shape index (κ3) is 2.57. The molecule has 3 aliphatic rings. The van der Waals surface area contributed by atoms with E-state index in [0.29, 0.717) is 35.4 Å². The van der Waals surface area contributed by atoms with Crippen molar-refractivity contribution < 1.29 is 14.1 Å². The summed E-state index contributed by atoms with van der Waals surface area (Å²) in [6.45, 7) is 1.37. The minimum Gasteiger partial charge on any atom is -0.486 e. The second-order valence-electron chi connectivity index (χ2n) is 7.89. The number of aromatic nitrogens is 3. The zero-order chi connectivity index (χ0) is 19.3. The number of hydrogen-bond acceptors (Lipinski definition) is 8. The number of nitrogens with zero attached hydrogens (tertiary/aromatic N) is 4. The lowest BCUT2D eigenvalue weighted by atomic mass is 9.64. The van der Waals surface area contributed by atoms with Crippen molar-refractivity contribution in [2.45, 2.75) is 55.5 Å². The first-order valence-electron chi connectivity index (χ1n) is 9.97. The Labute approximate surface area is 168 Å². The Hall–Kier alpha value is -2.09. The van der Waals surface area contributed by atoms with E-state index >= 15 is 0 Å². The molecule has 148 valence electrons. The molecule has 7 nitrogen and oxygen atoms in total. The Balaban J connectivity index is 1.68. The van der Waals surface area contributed by atoms with Gasteiger partial charge in [-0.2, -0.15) is 0 Å². The lowest BCUT2D eigenvalue weighted by Crippen LogP contribution is -2.41. The summed E-state index contributed by atoms with van der Waals surface area (Å²) in [6, 6.07) is 0. The zero-order valence-electron chi connectivity index (χ0n) is 16.3. The number of thioether (sulfide) groups is 1. The first-order chi connectivity index (χ1) is 13.6. The number of ether oxygens (including phenoxy) is 1. The minimum absolute atomic E-state index is 0.313. The fourth-order valence-electron chi connectivity index (χ4n) is 4.83. The number of hydrogen-bond donors (Lipinski definition) is 0. The smallest absolute Gasteiger partial charge is 0.190 e. The SMILES string of the molecule is CSc1nc(-c2noc3c2CCC[C@@]32CCCCC2=O)c2c(n1)N(C)CCO2. The summed E-state index contributed by atoms with van der Waals surface area (Å²) < 4.78 is 11.9. The number of ketones is 1. The monoisotopic (exact) mass is 400 g/mol. The van der Waals surface area contributed by atoms with Crippen molar-refractivity contribution in [3.05, 3.63) is 11.3 Å². The number of rotatable bonds is 2. The zero-order valence-corrected chi connectivity index (χ0v) is 17.1. The molecule has 1 spiro atoms. The van der Waals surface area contributed by atoms with Crippen LogP contribution in [0, 0.1) is 0 Å². The largest absolute Gasteiger partial charge is 0.486 e. The van der Waals surface area contributed by atoms with E-state index in [1.807, 2.05) is 13.3 Å². The standard InChI is InChI=1S/C20H24N4O3S/c1-24-10-11-26-16-15(21-19(28-2)22-18(16)24)14-12-6-5-9-20(17(12)27-23-14)8-4-3-7-13(20)25/h3-11H2,1-2H3/t20-/m1/s1. The fraction of sp³-hybridized carbons (Fsp3) is 0.600. The van der Waals surface area contributed by atoms with Crippen LogP contribution in [0.3, 0.4) is 0 Å². The molecule has 3 heterocycles. The summed E-state index contributed by atoms with van der Waals surface area (Å²) >= 11 is 1.50. The van der Waals surface area contributed by atoms with Crippen molar-refractivity contribution in [2.75, 3.05) is 31.4 Å². The molecule has 0 unspecified atom stereocenters. The van der Waals surface area contributed by atoms with Gasteiger partial charge in [0.05, 0.1) is 12.0 Å². The molecule has 1 fully saturated rings. The highest BCUT2D eigenvalue weighted by Crippen LogP contribution is 2.49. The van der Waals surface area contributed by atoms with Crippen molar-refractivity contribution in [1.29, 1.82) is 0 Å². The number of anilines is 1. The maximum atomic E-state index is 12.9. The van der Waals surface area contributed by atoms with Gasteiger partial charge < -0.3 is 14.2 Å². The Morgan fingerprint density at radius 2 is 1.96 bits per heavy atom. The molecule has 1 atom stereocenters. The molecule has 1 aliphatic heterocycles. The molecule has 0 amide bonds. The highest BCUT2D eigenvalue weighted by Gasteiger charge is 2.48. The topological polar surface area (TPSA) is 81.3 Å². The van der Waals surface area contributed by atoms with Crippen molar-refractivity contribution in [3.8, 4) is 17.1 Å². The average Bonchev–Trinajstić information content (AvgIpc) is 3.15. The van der Waals surface area contributed by atoms with Crippen molar-refractivity contribution >= 4 is 23.4 Å². The quantitative estimate of drug-likeness (QED) is 0.560. The number of Topliss-reactive ketones (excluding diaryl/α,β-unsaturated/α-hetero) is 1. The van der Waals surface area contributed by atoms with Crippen LogP contribution in [-0.4, -0.2) is 47.4 Å². The van der Waals surface area contributed by atoms with Crippen molar-refractivity contribution in [1.82, 2.24) is 15.1 Å². The molecular weight excluding hydrogens is 376 g/mol. The van der Waals surface area contributed by atoms with Gasteiger partial charge in [0.2, 0.25) is 0 Å².